The van der Waals surface area contributed by atoms with Crippen molar-refractivity contribution in [3.63, 3.8) is 0 Å². The molecule has 2 heteroatoms. The summed E-state index contributed by atoms with van der Waals surface area (Å²) in [5.74, 6) is -0.154. The Balaban J connectivity index is 2.16. The Morgan fingerprint density at radius 2 is 2.00 bits per heavy atom. The van der Waals surface area contributed by atoms with Gasteiger partial charge in [0.25, 0.3) is 0 Å². The minimum atomic E-state index is -0.154. The maximum atomic E-state index is 11.0. The van der Waals surface area contributed by atoms with Crippen molar-refractivity contribution in [2.45, 2.75) is 26.2 Å². The summed E-state index contributed by atoms with van der Waals surface area (Å²) in [5.41, 5.74) is 1.32. The van der Waals surface area contributed by atoms with E-state index in [1.54, 1.807) is 0 Å². The number of esters is 1. The van der Waals surface area contributed by atoms with Gasteiger partial charge in [0.2, 0.25) is 0 Å². The molecule has 0 radical (unpaired) electrons. The lowest BCUT2D eigenvalue weighted by Crippen LogP contribution is -2.01. The molecule has 0 bridgehead atoms. The molecule has 16 heavy (non-hydrogen) atoms. The van der Waals surface area contributed by atoms with Gasteiger partial charge >= 0.3 is 5.97 Å². The first kappa shape index (κ1) is 12.5. The Morgan fingerprint density at radius 3 is 2.69 bits per heavy atom. The van der Waals surface area contributed by atoms with Crippen molar-refractivity contribution < 1.29 is 9.53 Å². The first-order valence-corrected chi connectivity index (χ1v) is 5.67. The van der Waals surface area contributed by atoms with E-state index in [1.807, 2.05) is 37.3 Å². The van der Waals surface area contributed by atoms with Crippen LogP contribution in [-0.2, 0) is 16.0 Å². The number of rotatable bonds is 6. The molecule has 0 saturated heterocycles. The standard InChI is InChI=1S/C14H18O2/c1-2-16-14(15)12-8-4-7-11-13-9-5-3-6-10-13/h3-6,8-10H,2,7,11-12H2,1H3. The Labute approximate surface area is 96.9 Å². The highest BCUT2D eigenvalue weighted by Gasteiger charge is 1.95. The summed E-state index contributed by atoms with van der Waals surface area (Å²) < 4.78 is 4.82. The van der Waals surface area contributed by atoms with Crippen LogP contribution < -0.4 is 0 Å². The van der Waals surface area contributed by atoms with Crippen molar-refractivity contribution in [3.8, 4) is 0 Å². The van der Waals surface area contributed by atoms with Gasteiger partial charge in [-0.15, -0.1) is 0 Å². The van der Waals surface area contributed by atoms with Gasteiger partial charge in [0, 0.05) is 0 Å². The number of hydrogen-bond donors (Lipinski definition) is 0. The summed E-state index contributed by atoms with van der Waals surface area (Å²) in [5, 5.41) is 0. The molecule has 0 heterocycles. The summed E-state index contributed by atoms with van der Waals surface area (Å²) in [6, 6.07) is 10.3. The molecule has 0 unspecified atom stereocenters. The predicted molar refractivity (Wildman–Crippen MR) is 65.2 cm³/mol. The summed E-state index contributed by atoms with van der Waals surface area (Å²) in [6.45, 7) is 2.27. The predicted octanol–water partition coefficient (Wildman–Crippen LogP) is 3.13. The van der Waals surface area contributed by atoms with E-state index in [0.29, 0.717) is 13.0 Å². The fourth-order valence-electron chi connectivity index (χ4n) is 1.41. The third-order valence-corrected chi connectivity index (χ3v) is 2.20. The molecule has 86 valence electrons. The van der Waals surface area contributed by atoms with Gasteiger partial charge in [-0.3, -0.25) is 4.79 Å². The Morgan fingerprint density at radius 1 is 1.25 bits per heavy atom. The van der Waals surface area contributed by atoms with Crippen molar-refractivity contribution in [1.82, 2.24) is 0 Å². The van der Waals surface area contributed by atoms with Crippen LogP contribution in [0.25, 0.3) is 0 Å². The number of hydrogen-bond acceptors (Lipinski definition) is 2. The number of carbonyl (C=O) groups excluding carboxylic acids is 1. The molecule has 0 atom stereocenters. The van der Waals surface area contributed by atoms with Crippen LogP contribution in [0.1, 0.15) is 25.3 Å². The molecule has 1 aromatic rings. The average Bonchev–Trinajstić information content (AvgIpc) is 2.30. The molecule has 0 N–H and O–H groups in total. The van der Waals surface area contributed by atoms with Crippen molar-refractivity contribution >= 4 is 5.97 Å². The number of allylic oxidation sites excluding steroid dienone is 1. The van der Waals surface area contributed by atoms with Gasteiger partial charge in [-0.05, 0) is 25.3 Å². The molecule has 0 aliphatic rings. The Hall–Kier alpha value is -1.57. The van der Waals surface area contributed by atoms with Crippen molar-refractivity contribution in [2.24, 2.45) is 0 Å². The van der Waals surface area contributed by atoms with Crippen molar-refractivity contribution in [3.05, 3.63) is 48.0 Å². The number of carbonyl (C=O) groups is 1. The van der Waals surface area contributed by atoms with E-state index in [-0.39, 0.29) is 5.97 Å². The van der Waals surface area contributed by atoms with Gasteiger partial charge in [-0.1, -0.05) is 42.5 Å². The van der Waals surface area contributed by atoms with Gasteiger partial charge < -0.3 is 4.74 Å². The number of aryl methyl sites for hydroxylation is 1. The minimum Gasteiger partial charge on any atom is -0.466 e. The molecule has 0 aromatic heterocycles. The molecular formula is C14H18O2. The summed E-state index contributed by atoms with van der Waals surface area (Å²) in [7, 11) is 0. The second-order valence-electron chi connectivity index (χ2n) is 3.50. The minimum absolute atomic E-state index is 0.154. The third-order valence-electron chi connectivity index (χ3n) is 2.20. The van der Waals surface area contributed by atoms with Crippen LogP contribution >= 0.6 is 0 Å². The fraction of sp³-hybridized carbons (Fsp3) is 0.357. The zero-order valence-corrected chi connectivity index (χ0v) is 9.69. The Bertz CT molecular complexity index is 328. The average molecular weight is 218 g/mol. The highest BCUT2D eigenvalue weighted by molar-refractivity contribution is 5.71. The van der Waals surface area contributed by atoms with Gasteiger partial charge in [-0.2, -0.15) is 0 Å². The van der Waals surface area contributed by atoms with E-state index in [0.717, 1.165) is 12.8 Å². The van der Waals surface area contributed by atoms with E-state index in [1.165, 1.54) is 5.56 Å². The highest BCUT2D eigenvalue weighted by atomic mass is 16.5. The topological polar surface area (TPSA) is 26.3 Å². The van der Waals surface area contributed by atoms with E-state index in [2.05, 4.69) is 12.1 Å². The molecule has 0 fully saturated rings. The van der Waals surface area contributed by atoms with Crippen LogP contribution in [0.2, 0.25) is 0 Å². The molecule has 0 saturated carbocycles. The first-order chi connectivity index (χ1) is 7.83. The normalized spacial score (nSPS) is 10.6. The van der Waals surface area contributed by atoms with Gasteiger partial charge in [0.15, 0.2) is 0 Å². The lowest BCUT2D eigenvalue weighted by atomic mass is 10.1. The zero-order chi connectivity index (χ0) is 11.6. The van der Waals surface area contributed by atoms with Gasteiger partial charge in [-0.25, -0.2) is 0 Å². The summed E-state index contributed by atoms with van der Waals surface area (Å²) in [4.78, 5) is 11.0. The molecule has 0 spiro atoms. The van der Waals surface area contributed by atoms with E-state index >= 15 is 0 Å². The molecular weight excluding hydrogens is 200 g/mol. The van der Waals surface area contributed by atoms with Gasteiger partial charge in [0.05, 0.1) is 13.0 Å². The zero-order valence-electron chi connectivity index (χ0n) is 9.69. The van der Waals surface area contributed by atoms with Crippen molar-refractivity contribution in [2.75, 3.05) is 6.61 Å². The lowest BCUT2D eigenvalue weighted by molar-refractivity contribution is -0.142. The SMILES string of the molecule is CCOC(=O)CC=CCCc1ccccc1. The van der Waals surface area contributed by atoms with Crippen LogP contribution in [0.15, 0.2) is 42.5 Å². The van der Waals surface area contributed by atoms with E-state index in [4.69, 9.17) is 4.74 Å². The molecule has 0 amide bonds. The molecule has 1 aromatic carbocycles. The Kier molecular flexibility index (Phi) is 6.00. The largest absolute Gasteiger partial charge is 0.466 e. The van der Waals surface area contributed by atoms with Crippen LogP contribution in [0.3, 0.4) is 0 Å². The molecule has 0 aliphatic heterocycles. The highest BCUT2D eigenvalue weighted by Crippen LogP contribution is 2.03. The van der Waals surface area contributed by atoms with E-state index in [9.17, 15) is 4.79 Å². The van der Waals surface area contributed by atoms with Crippen LogP contribution in [0.4, 0.5) is 0 Å². The molecule has 2 nitrogen and oxygen atoms in total. The van der Waals surface area contributed by atoms with Crippen LogP contribution in [0, 0.1) is 0 Å². The van der Waals surface area contributed by atoms with Crippen LogP contribution in [0.5, 0.6) is 0 Å². The van der Waals surface area contributed by atoms with Crippen LogP contribution in [-0.4, -0.2) is 12.6 Å². The number of benzene rings is 1. The quantitative estimate of drug-likeness (QED) is 0.541. The maximum Gasteiger partial charge on any atom is 0.309 e. The molecule has 0 aliphatic carbocycles. The number of ether oxygens (including phenoxy) is 1. The smallest absolute Gasteiger partial charge is 0.309 e. The maximum absolute atomic E-state index is 11.0. The lowest BCUT2D eigenvalue weighted by Gasteiger charge is -1.97. The first-order valence-electron chi connectivity index (χ1n) is 5.67. The van der Waals surface area contributed by atoms with Gasteiger partial charge in [0.1, 0.15) is 0 Å². The molecule has 1 rings (SSSR count). The van der Waals surface area contributed by atoms with Crippen molar-refractivity contribution in [1.29, 1.82) is 0 Å². The second kappa shape index (κ2) is 7.69. The van der Waals surface area contributed by atoms with E-state index < -0.39 is 0 Å². The third kappa shape index (κ3) is 5.35. The fourth-order valence-corrected chi connectivity index (χ4v) is 1.41. The second-order valence-corrected chi connectivity index (χ2v) is 3.50. The summed E-state index contributed by atoms with van der Waals surface area (Å²) in [6.07, 6.45) is 6.26. The summed E-state index contributed by atoms with van der Waals surface area (Å²) >= 11 is 0. The monoisotopic (exact) mass is 218 g/mol.